The van der Waals surface area contributed by atoms with Crippen LogP contribution in [-0.2, 0) is 28.6 Å². The van der Waals surface area contributed by atoms with E-state index in [2.05, 4.69) is 63.3 Å². The lowest BCUT2D eigenvalue weighted by Gasteiger charge is -2.18. The smallest absolute Gasteiger partial charge is 0.306 e. The molecule has 0 amide bonds. The Labute approximate surface area is 349 Å². The summed E-state index contributed by atoms with van der Waals surface area (Å²) in [5, 5.41) is 0. The SMILES string of the molecule is CC/C=C/C=C/C=C/C=C/C=C/CCCC(=O)OCC(COC(=O)CC/C=C/C/C=C/CCCCCCCC)OC(=O)CC/C=C/C/C=C/CCCCCCCC. The summed E-state index contributed by atoms with van der Waals surface area (Å²) in [6, 6.07) is 0. The van der Waals surface area contributed by atoms with Crippen LogP contribution in [0.4, 0.5) is 0 Å². The van der Waals surface area contributed by atoms with Gasteiger partial charge >= 0.3 is 17.9 Å². The first-order valence-electron chi connectivity index (χ1n) is 22.5. The molecule has 6 heteroatoms. The molecule has 0 aromatic heterocycles. The van der Waals surface area contributed by atoms with E-state index < -0.39 is 12.1 Å². The van der Waals surface area contributed by atoms with Crippen molar-refractivity contribution in [1.82, 2.24) is 0 Å². The Balaban J connectivity index is 4.67. The highest BCUT2D eigenvalue weighted by Gasteiger charge is 2.19. The molecule has 0 N–H and O–H groups in total. The number of hydrogen-bond acceptors (Lipinski definition) is 6. The van der Waals surface area contributed by atoms with Gasteiger partial charge in [0, 0.05) is 19.3 Å². The van der Waals surface area contributed by atoms with E-state index in [4.69, 9.17) is 14.2 Å². The second-order valence-electron chi connectivity index (χ2n) is 14.3. The van der Waals surface area contributed by atoms with Gasteiger partial charge in [-0.15, -0.1) is 0 Å². The summed E-state index contributed by atoms with van der Waals surface area (Å²) in [6.07, 6.45) is 59.6. The third-order valence-corrected chi connectivity index (χ3v) is 8.89. The summed E-state index contributed by atoms with van der Waals surface area (Å²) in [5.74, 6) is -1.17. The monoisotopic (exact) mass is 789 g/mol. The molecule has 57 heavy (non-hydrogen) atoms. The van der Waals surface area contributed by atoms with E-state index in [0.29, 0.717) is 19.3 Å². The van der Waals surface area contributed by atoms with Crippen LogP contribution in [-0.4, -0.2) is 37.2 Å². The van der Waals surface area contributed by atoms with Crippen molar-refractivity contribution in [2.24, 2.45) is 0 Å². The molecule has 0 heterocycles. The first-order chi connectivity index (χ1) is 28.0. The van der Waals surface area contributed by atoms with Crippen LogP contribution in [0.1, 0.15) is 175 Å². The molecule has 0 aromatic carbocycles. The van der Waals surface area contributed by atoms with Gasteiger partial charge in [0.2, 0.25) is 0 Å². The van der Waals surface area contributed by atoms with Gasteiger partial charge in [-0.05, 0) is 70.6 Å². The molecule has 0 aliphatic heterocycles. The first-order valence-corrected chi connectivity index (χ1v) is 22.5. The highest BCUT2D eigenvalue weighted by Crippen LogP contribution is 2.10. The van der Waals surface area contributed by atoms with Crippen LogP contribution in [0.2, 0.25) is 0 Å². The van der Waals surface area contributed by atoms with Gasteiger partial charge in [-0.1, -0.05) is 194 Å². The number of ether oxygens (including phenoxy) is 3. The zero-order valence-corrected chi connectivity index (χ0v) is 36.3. The van der Waals surface area contributed by atoms with Crippen molar-refractivity contribution in [3.05, 3.63) is 109 Å². The molecule has 0 aromatic rings. The van der Waals surface area contributed by atoms with E-state index in [1.807, 2.05) is 66.8 Å². The van der Waals surface area contributed by atoms with E-state index in [1.165, 1.54) is 77.0 Å². The van der Waals surface area contributed by atoms with Crippen molar-refractivity contribution in [2.45, 2.75) is 181 Å². The number of carbonyl (C=O) groups excluding carboxylic acids is 3. The van der Waals surface area contributed by atoms with Gasteiger partial charge < -0.3 is 14.2 Å². The molecule has 0 bridgehead atoms. The minimum Gasteiger partial charge on any atom is -0.462 e. The van der Waals surface area contributed by atoms with Crippen molar-refractivity contribution >= 4 is 17.9 Å². The molecular weight excluding hydrogens is 709 g/mol. The van der Waals surface area contributed by atoms with Gasteiger partial charge in [0.05, 0.1) is 0 Å². The van der Waals surface area contributed by atoms with Crippen molar-refractivity contribution in [3.8, 4) is 0 Å². The van der Waals surface area contributed by atoms with Crippen LogP contribution in [0.3, 0.4) is 0 Å². The summed E-state index contributed by atoms with van der Waals surface area (Å²) in [6.45, 7) is 6.27. The lowest BCUT2D eigenvalue weighted by atomic mass is 10.1. The van der Waals surface area contributed by atoms with Crippen molar-refractivity contribution in [1.29, 1.82) is 0 Å². The van der Waals surface area contributed by atoms with Crippen LogP contribution in [0.5, 0.6) is 0 Å². The van der Waals surface area contributed by atoms with E-state index in [9.17, 15) is 14.4 Å². The highest BCUT2D eigenvalue weighted by atomic mass is 16.6. The molecule has 1 unspecified atom stereocenters. The quantitative estimate of drug-likeness (QED) is 0.0204. The van der Waals surface area contributed by atoms with Gasteiger partial charge in [0.25, 0.3) is 0 Å². The van der Waals surface area contributed by atoms with E-state index >= 15 is 0 Å². The number of allylic oxidation sites excluding steroid dienone is 18. The third-order valence-electron chi connectivity index (χ3n) is 8.89. The second kappa shape index (κ2) is 44.8. The van der Waals surface area contributed by atoms with Crippen molar-refractivity contribution < 1.29 is 28.6 Å². The van der Waals surface area contributed by atoms with Gasteiger partial charge in [-0.25, -0.2) is 0 Å². The molecule has 0 aliphatic carbocycles. The third kappa shape index (κ3) is 43.0. The van der Waals surface area contributed by atoms with Crippen LogP contribution in [0.25, 0.3) is 0 Å². The van der Waals surface area contributed by atoms with Crippen LogP contribution in [0, 0.1) is 0 Å². The Morgan fingerprint density at radius 3 is 1.30 bits per heavy atom. The Morgan fingerprint density at radius 1 is 0.386 bits per heavy atom. The second-order valence-corrected chi connectivity index (χ2v) is 14.3. The average Bonchev–Trinajstić information content (AvgIpc) is 3.21. The van der Waals surface area contributed by atoms with Crippen LogP contribution in [0.15, 0.2) is 109 Å². The Kier molecular flexibility index (Phi) is 41.7. The summed E-state index contributed by atoms with van der Waals surface area (Å²) >= 11 is 0. The van der Waals surface area contributed by atoms with E-state index in [1.54, 1.807) is 0 Å². The normalized spacial score (nSPS) is 13.1. The maximum atomic E-state index is 12.7. The molecule has 0 aliphatic rings. The molecule has 0 rings (SSSR count). The minimum absolute atomic E-state index is 0.156. The lowest BCUT2D eigenvalue weighted by molar-refractivity contribution is -0.166. The van der Waals surface area contributed by atoms with Gasteiger partial charge in [-0.3, -0.25) is 14.4 Å². The fourth-order valence-electron chi connectivity index (χ4n) is 5.52. The fraction of sp³-hybridized carbons (Fsp3) is 0.588. The van der Waals surface area contributed by atoms with E-state index in [-0.39, 0.29) is 44.4 Å². The molecule has 320 valence electrons. The topological polar surface area (TPSA) is 78.9 Å². The Bertz CT molecular complexity index is 1230. The number of carbonyl (C=O) groups is 3. The minimum atomic E-state index is -0.859. The highest BCUT2D eigenvalue weighted by molar-refractivity contribution is 5.71. The first kappa shape index (κ1) is 53.1. The molecule has 0 radical (unpaired) electrons. The van der Waals surface area contributed by atoms with Crippen molar-refractivity contribution in [3.63, 3.8) is 0 Å². The Hall–Kier alpha value is -3.93. The maximum Gasteiger partial charge on any atom is 0.306 e. The van der Waals surface area contributed by atoms with Crippen molar-refractivity contribution in [2.75, 3.05) is 13.2 Å². The maximum absolute atomic E-state index is 12.7. The lowest BCUT2D eigenvalue weighted by Crippen LogP contribution is -2.30. The summed E-state index contributed by atoms with van der Waals surface area (Å²) in [5.41, 5.74) is 0. The molecular formula is C51H80O6. The Morgan fingerprint density at radius 2 is 0.789 bits per heavy atom. The van der Waals surface area contributed by atoms with Crippen LogP contribution < -0.4 is 0 Å². The predicted octanol–water partition coefficient (Wildman–Crippen LogP) is 14.4. The predicted molar refractivity (Wildman–Crippen MR) is 242 cm³/mol. The fourth-order valence-corrected chi connectivity index (χ4v) is 5.52. The zero-order chi connectivity index (χ0) is 41.5. The summed E-state index contributed by atoms with van der Waals surface area (Å²) in [4.78, 5) is 37.6. The van der Waals surface area contributed by atoms with E-state index in [0.717, 1.165) is 38.5 Å². The molecule has 0 saturated heterocycles. The largest absolute Gasteiger partial charge is 0.462 e. The molecule has 0 saturated carbocycles. The standard InChI is InChI=1S/C51H80O6/c1-4-7-10-13-16-19-22-25-28-31-34-37-40-43-49(52)55-46-48(57-51(54)45-42-39-36-33-30-27-24-21-18-15-12-9-6-3)47-56-50(53)44-41-38-35-32-29-26-23-20-17-14-11-8-5-2/h7,10,13,16,19,22,25-31,34-36,38-39,48H,4-6,8-9,11-12,14-15,17-18,20-21,23-24,32-33,37,40-47H2,1-3H3/b10-7+,16-13+,22-19+,28-25+,29-26+,30-27+,34-31+,38-35+,39-36+. The molecule has 0 fully saturated rings. The van der Waals surface area contributed by atoms with Crippen LogP contribution >= 0.6 is 0 Å². The molecule has 0 spiro atoms. The number of hydrogen-bond donors (Lipinski definition) is 0. The summed E-state index contributed by atoms with van der Waals surface area (Å²) in [7, 11) is 0. The average molecular weight is 789 g/mol. The number of rotatable bonds is 38. The molecule has 1 atom stereocenters. The van der Waals surface area contributed by atoms with Gasteiger partial charge in [0.1, 0.15) is 13.2 Å². The van der Waals surface area contributed by atoms with Gasteiger partial charge in [-0.2, -0.15) is 0 Å². The van der Waals surface area contributed by atoms with Gasteiger partial charge in [0.15, 0.2) is 6.10 Å². The number of esters is 3. The summed E-state index contributed by atoms with van der Waals surface area (Å²) < 4.78 is 16.5. The number of unbranched alkanes of at least 4 members (excludes halogenated alkanes) is 13. The zero-order valence-electron chi connectivity index (χ0n) is 36.3. The molecule has 6 nitrogen and oxygen atoms in total.